The second-order valence-corrected chi connectivity index (χ2v) is 8.44. The average molecular weight is 437 g/mol. The third kappa shape index (κ3) is 4.75. The summed E-state index contributed by atoms with van der Waals surface area (Å²) in [5, 5.41) is 2.74. The molecule has 1 aliphatic heterocycles. The number of amides is 2. The summed E-state index contributed by atoms with van der Waals surface area (Å²) in [6.45, 7) is 1.56. The van der Waals surface area contributed by atoms with Gasteiger partial charge in [-0.1, -0.05) is 36.4 Å². The van der Waals surface area contributed by atoms with Gasteiger partial charge in [-0.3, -0.25) is 14.6 Å². The van der Waals surface area contributed by atoms with Gasteiger partial charge in [0.2, 0.25) is 5.91 Å². The van der Waals surface area contributed by atoms with Crippen LogP contribution in [0.4, 0.5) is 5.82 Å². The van der Waals surface area contributed by atoms with Gasteiger partial charge in [-0.25, -0.2) is 4.98 Å². The van der Waals surface area contributed by atoms with Crippen molar-refractivity contribution in [3.05, 3.63) is 102 Å². The first-order valence-electron chi connectivity index (χ1n) is 11.1. The van der Waals surface area contributed by atoms with Crippen molar-refractivity contribution in [2.24, 2.45) is 11.8 Å². The number of likely N-dealkylation sites (tertiary alicyclic amines) is 1. The van der Waals surface area contributed by atoms with Crippen LogP contribution in [0, 0.1) is 11.8 Å². The molecule has 6 nitrogen and oxygen atoms in total. The zero-order valence-corrected chi connectivity index (χ0v) is 18.1. The van der Waals surface area contributed by atoms with E-state index < -0.39 is 0 Å². The fourth-order valence-electron chi connectivity index (χ4n) is 4.49. The zero-order chi connectivity index (χ0) is 22.6. The lowest BCUT2D eigenvalue weighted by molar-refractivity contribution is -0.125. The number of fused-ring (bicyclic) bond motifs is 1. The van der Waals surface area contributed by atoms with E-state index in [0.29, 0.717) is 23.2 Å². The van der Waals surface area contributed by atoms with Crippen LogP contribution in [0.2, 0.25) is 0 Å². The van der Waals surface area contributed by atoms with E-state index in [9.17, 15) is 9.59 Å². The summed E-state index contributed by atoms with van der Waals surface area (Å²) in [6, 6.07) is 17.4. The molecule has 5 rings (SSSR count). The van der Waals surface area contributed by atoms with Gasteiger partial charge >= 0.3 is 0 Å². The monoisotopic (exact) mass is 436 g/mol. The smallest absolute Gasteiger partial charge is 0.258 e. The number of pyridine rings is 2. The lowest BCUT2D eigenvalue weighted by Gasteiger charge is -2.15. The van der Waals surface area contributed by atoms with E-state index in [1.807, 2.05) is 17.0 Å². The number of nitrogens with one attached hydrogen (secondary N) is 1. The third-order valence-electron chi connectivity index (χ3n) is 6.22. The van der Waals surface area contributed by atoms with Crippen LogP contribution in [0.3, 0.4) is 0 Å². The van der Waals surface area contributed by atoms with Crippen LogP contribution >= 0.6 is 0 Å². The molecule has 0 bridgehead atoms. The topological polar surface area (TPSA) is 75.2 Å². The molecule has 1 aliphatic carbocycles. The number of hydrogen-bond acceptors (Lipinski definition) is 4. The Kier molecular flexibility index (Phi) is 5.81. The molecule has 1 aromatic carbocycles. The van der Waals surface area contributed by atoms with Gasteiger partial charge in [0.1, 0.15) is 5.82 Å². The van der Waals surface area contributed by atoms with Crippen molar-refractivity contribution in [1.29, 1.82) is 0 Å². The van der Waals surface area contributed by atoms with E-state index in [2.05, 4.69) is 45.6 Å². The van der Waals surface area contributed by atoms with E-state index >= 15 is 0 Å². The quantitative estimate of drug-likeness (QED) is 0.605. The molecule has 33 heavy (non-hydrogen) atoms. The van der Waals surface area contributed by atoms with Crippen LogP contribution in [0.25, 0.3) is 11.6 Å². The van der Waals surface area contributed by atoms with Crippen molar-refractivity contribution in [3.63, 3.8) is 0 Å². The lowest BCUT2D eigenvalue weighted by Crippen LogP contribution is -2.27. The maximum absolute atomic E-state index is 12.7. The fourth-order valence-corrected chi connectivity index (χ4v) is 4.49. The van der Waals surface area contributed by atoms with Crippen molar-refractivity contribution >= 4 is 29.3 Å². The first-order valence-corrected chi connectivity index (χ1v) is 11.1. The van der Waals surface area contributed by atoms with Crippen molar-refractivity contribution in [2.45, 2.75) is 6.42 Å². The van der Waals surface area contributed by atoms with E-state index in [4.69, 9.17) is 0 Å². The zero-order valence-electron chi connectivity index (χ0n) is 18.1. The minimum absolute atomic E-state index is 0.0213. The average Bonchev–Trinajstić information content (AvgIpc) is 3.44. The highest BCUT2D eigenvalue weighted by Crippen LogP contribution is 2.40. The Morgan fingerprint density at radius 3 is 2.61 bits per heavy atom. The Morgan fingerprint density at radius 2 is 1.88 bits per heavy atom. The Morgan fingerprint density at radius 1 is 1.00 bits per heavy atom. The molecule has 0 saturated carbocycles. The minimum atomic E-state index is -0.266. The number of carbonyl (C=O) groups is 2. The molecule has 2 aromatic heterocycles. The van der Waals surface area contributed by atoms with Crippen LogP contribution in [-0.2, 0) is 4.79 Å². The van der Waals surface area contributed by atoms with Crippen LogP contribution in [0.5, 0.6) is 0 Å². The van der Waals surface area contributed by atoms with Crippen LogP contribution in [0.15, 0.2) is 85.3 Å². The first kappa shape index (κ1) is 20.8. The largest absolute Gasteiger partial charge is 0.338 e. The second-order valence-electron chi connectivity index (χ2n) is 8.44. The van der Waals surface area contributed by atoms with E-state index in [1.54, 1.807) is 42.7 Å². The van der Waals surface area contributed by atoms with Crippen LogP contribution in [0.1, 0.15) is 27.9 Å². The fraction of sp³-hybridized carbons (Fsp3) is 0.185. The maximum atomic E-state index is 12.7. The molecule has 3 heterocycles. The Labute approximate surface area is 192 Å². The summed E-state index contributed by atoms with van der Waals surface area (Å²) < 4.78 is 0. The maximum Gasteiger partial charge on any atom is 0.258 e. The minimum Gasteiger partial charge on any atom is -0.338 e. The van der Waals surface area contributed by atoms with Gasteiger partial charge in [0, 0.05) is 37.8 Å². The highest BCUT2D eigenvalue weighted by atomic mass is 16.2. The molecule has 0 radical (unpaired) electrons. The lowest BCUT2D eigenvalue weighted by atomic mass is 9.98. The summed E-state index contributed by atoms with van der Waals surface area (Å²) in [5.41, 5.74) is 3.95. The number of carbonyl (C=O) groups excluding carboxylic acids is 2. The summed E-state index contributed by atoms with van der Waals surface area (Å²) >= 11 is 0. The molecule has 1 saturated heterocycles. The predicted molar refractivity (Wildman–Crippen MR) is 128 cm³/mol. The van der Waals surface area contributed by atoms with Crippen molar-refractivity contribution in [3.8, 4) is 0 Å². The van der Waals surface area contributed by atoms with Gasteiger partial charge < -0.3 is 10.2 Å². The molecule has 2 aliphatic rings. The van der Waals surface area contributed by atoms with Gasteiger partial charge in [0.25, 0.3) is 5.91 Å². The summed E-state index contributed by atoms with van der Waals surface area (Å²) in [6.07, 6.45) is 11.5. The van der Waals surface area contributed by atoms with Crippen molar-refractivity contribution in [1.82, 2.24) is 14.9 Å². The molecule has 2 atom stereocenters. The Balaban J connectivity index is 1.16. The molecular weight excluding hydrogens is 412 g/mol. The molecule has 1 N–H and O–H groups in total. The van der Waals surface area contributed by atoms with Crippen LogP contribution < -0.4 is 5.32 Å². The standard InChI is InChI=1S/C27H24N4O2/c32-26(31-17-23-13-22(14-24(23)18-31)20-5-2-1-3-6-20)11-9-19-8-10-25(29-15-19)30-27(33)21-7-4-12-28-16-21/h1-13,15-16,23-24H,14,17-18H2,(H,29,30,33)/b11-9+. The van der Waals surface area contributed by atoms with Gasteiger partial charge in [0.15, 0.2) is 0 Å². The number of anilines is 1. The highest BCUT2D eigenvalue weighted by molar-refractivity contribution is 6.03. The van der Waals surface area contributed by atoms with Gasteiger partial charge in [-0.2, -0.15) is 0 Å². The normalized spacial score (nSPS) is 19.4. The number of benzene rings is 1. The van der Waals surface area contributed by atoms with E-state index in [-0.39, 0.29) is 11.8 Å². The molecular formula is C27H24N4O2. The molecule has 0 spiro atoms. The number of allylic oxidation sites excluding steroid dienone is 1. The number of nitrogens with zero attached hydrogens (tertiary/aromatic N) is 3. The van der Waals surface area contributed by atoms with Gasteiger partial charge in [0.05, 0.1) is 5.56 Å². The molecule has 6 heteroatoms. The Hall–Kier alpha value is -4.06. The summed E-state index contributed by atoms with van der Waals surface area (Å²) in [7, 11) is 0. The predicted octanol–water partition coefficient (Wildman–Crippen LogP) is 4.30. The summed E-state index contributed by atoms with van der Waals surface area (Å²) in [4.78, 5) is 35.0. The van der Waals surface area contributed by atoms with Crippen LogP contribution in [-0.4, -0.2) is 39.8 Å². The number of rotatable bonds is 5. The van der Waals surface area contributed by atoms with E-state index in [1.165, 1.54) is 17.3 Å². The number of aromatic nitrogens is 2. The molecule has 1 fully saturated rings. The number of hydrogen-bond donors (Lipinski definition) is 1. The summed E-state index contributed by atoms with van der Waals surface area (Å²) in [5.74, 6) is 1.13. The highest BCUT2D eigenvalue weighted by Gasteiger charge is 2.37. The molecule has 164 valence electrons. The van der Waals surface area contributed by atoms with E-state index in [0.717, 1.165) is 25.1 Å². The van der Waals surface area contributed by atoms with Gasteiger partial charge in [-0.05, 0) is 65.3 Å². The van der Waals surface area contributed by atoms with Crippen molar-refractivity contribution in [2.75, 3.05) is 18.4 Å². The van der Waals surface area contributed by atoms with Crippen molar-refractivity contribution < 1.29 is 9.59 Å². The van der Waals surface area contributed by atoms with Gasteiger partial charge in [-0.15, -0.1) is 0 Å². The Bertz CT molecular complexity index is 1200. The SMILES string of the molecule is O=C(Nc1ccc(/C=C/C(=O)N2CC3C=C(c4ccccc4)CC3C2)cn1)c1cccnc1. The third-order valence-corrected chi connectivity index (χ3v) is 6.22. The second kappa shape index (κ2) is 9.20. The molecule has 2 amide bonds. The first-order chi connectivity index (χ1) is 16.2. The molecule has 3 aromatic rings. The molecule has 2 unspecified atom stereocenters.